The van der Waals surface area contributed by atoms with Gasteiger partial charge in [-0.05, 0) is 12.6 Å². The number of benzene rings is 1. The summed E-state index contributed by atoms with van der Waals surface area (Å²) < 4.78 is 15.8. The summed E-state index contributed by atoms with van der Waals surface area (Å²) in [5, 5.41) is 0. The maximum atomic E-state index is 11.6. The standard InChI is InChI=1S/C13H14BNO5/c1-15-7-10(16)19-14(20-11(17)8-15)13-12(18-13)9-5-3-2-4-6-9/h2-6,12-13H,7-8H2,1H3/t12-,13+/m0/s1. The molecule has 0 saturated carbocycles. The average molecular weight is 275 g/mol. The lowest BCUT2D eigenvalue weighted by Crippen LogP contribution is -2.45. The highest BCUT2D eigenvalue weighted by Gasteiger charge is 2.56. The molecule has 0 radical (unpaired) electrons. The van der Waals surface area contributed by atoms with Crippen LogP contribution in [0.1, 0.15) is 11.7 Å². The number of carbonyl (C=O) groups excluding carboxylic acids is 2. The second kappa shape index (κ2) is 5.26. The molecule has 0 spiro atoms. The highest BCUT2D eigenvalue weighted by molar-refractivity contribution is 6.51. The zero-order valence-electron chi connectivity index (χ0n) is 11.0. The number of hydrogen-bond donors (Lipinski definition) is 0. The molecule has 2 saturated heterocycles. The summed E-state index contributed by atoms with van der Waals surface area (Å²) in [6.07, 6.45) is -0.195. The van der Waals surface area contributed by atoms with Gasteiger partial charge < -0.3 is 14.0 Å². The van der Waals surface area contributed by atoms with Crippen molar-refractivity contribution in [2.45, 2.75) is 12.1 Å². The Bertz CT molecular complexity index is 503. The average Bonchev–Trinajstić information content (AvgIpc) is 3.17. The summed E-state index contributed by atoms with van der Waals surface area (Å²) in [5.41, 5.74) is 0.976. The zero-order chi connectivity index (χ0) is 14.1. The van der Waals surface area contributed by atoms with Crippen molar-refractivity contribution in [3.8, 4) is 0 Å². The Hall–Kier alpha value is -1.86. The van der Waals surface area contributed by atoms with Crippen LogP contribution < -0.4 is 0 Å². The van der Waals surface area contributed by atoms with Crippen molar-refractivity contribution >= 4 is 19.1 Å². The van der Waals surface area contributed by atoms with Crippen LogP contribution in [0.25, 0.3) is 0 Å². The van der Waals surface area contributed by atoms with Crippen molar-refractivity contribution < 1.29 is 23.6 Å². The van der Waals surface area contributed by atoms with Crippen molar-refractivity contribution in [2.24, 2.45) is 0 Å². The number of ether oxygens (including phenoxy) is 1. The van der Waals surface area contributed by atoms with Crippen LogP contribution in [0.15, 0.2) is 30.3 Å². The van der Waals surface area contributed by atoms with E-state index < -0.39 is 25.1 Å². The van der Waals surface area contributed by atoms with Gasteiger partial charge in [-0.2, -0.15) is 0 Å². The van der Waals surface area contributed by atoms with Crippen LogP contribution >= 0.6 is 0 Å². The Morgan fingerprint density at radius 3 is 2.30 bits per heavy atom. The predicted octanol–water partition coefficient (Wildman–Crippen LogP) is 0.186. The van der Waals surface area contributed by atoms with Crippen LogP contribution in [0.4, 0.5) is 0 Å². The van der Waals surface area contributed by atoms with E-state index in [-0.39, 0.29) is 19.2 Å². The third-order valence-corrected chi connectivity index (χ3v) is 3.22. The number of epoxide rings is 1. The van der Waals surface area contributed by atoms with Crippen molar-refractivity contribution in [1.82, 2.24) is 4.90 Å². The van der Waals surface area contributed by atoms with E-state index in [1.807, 2.05) is 30.3 Å². The summed E-state index contributed by atoms with van der Waals surface area (Å²) in [4.78, 5) is 24.8. The largest absolute Gasteiger partial charge is 0.632 e. The van der Waals surface area contributed by atoms with E-state index in [0.29, 0.717) is 0 Å². The monoisotopic (exact) mass is 275 g/mol. The first kappa shape index (κ1) is 13.1. The van der Waals surface area contributed by atoms with Gasteiger partial charge in [0.1, 0.15) is 6.10 Å². The molecule has 1 aromatic rings. The molecular formula is C13H14BNO5. The number of hydrogen-bond acceptors (Lipinski definition) is 6. The van der Waals surface area contributed by atoms with Crippen LogP contribution in [0.3, 0.4) is 0 Å². The highest BCUT2D eigenvalue weighted by Crippen LogP contribution is 2.40. The molecule has 0 N–H and O–H groups in total. The van der Waals surface area contributed by atoms with Crippen molar-refractivity contribution in [2.75, 3.05) is 20.1 Å². The van der Waals surface area contributed by atoms with Gasteiger partial charge in [0.15, 0.2) is 6.00 Å². The van der Waals surface area contributed by atoms with Crippen LogP contribution in [0.5, 0.6) is 0 Å². The normalized spacial score (nSPS) is 27.4. The molecule has 0 bridgehead atoms. The smallest absolute Gasteiger partial charge is 0.496 e. The van der Waals surface area contributed by atoms with Gasteiger partial charge in [0.2, 0.25) is 0 Å². The molecule has 0 aromatic heterocycles. The lowest BCUT2D eigenvalue weighted by Gasteiger charge is -2.21. The minimum absolute atomic E-state index is 0.0638. The van der Waals surface area contributed by atoms with Crippen molar-refractivity contribution in [1.29, 1.82) is 0 Å². The Morgan fingerprint density at radius 1 is 1.10 bits per heavy atom. The molecule has 2 aliphatic rings. The van der Waals surface area contributed by atoms with E-state index in [9.17, 15) is 9.59 Å². The van der Waals surface area contributed by atoms with E-state index in [2.05, 4.69) is 0 Å². The molecule has 2 fully saturated rings. The molecule has 2 aliphatic heterocycles. The second-order valence-corrected chi connectivity index (χ2v) is 4.95. The molecule has 3 rings (SSSR count). The van der Waals surface area contributed by atoms with E-state index in [1.165, 1.54) is 0 Å². The molecule has 0 unspecified atom stereocenters. The minimum atomic E-state index is -0.964. The summed E-state index contributed by atoms with van der Waals surface area (Å²) in [7, 11) is 0.692. The van der Waals surface area contributed by atoms with E-state index >= 15 is 0 Å². The second-order valence-electron chi connectivity index (χ2n) is 4.95. The predicted molar refractivity (Wildman–Crippen MR) is 69.5 cm³/mol. The fraction of sp³-hybridized carbons (Fsp3) is 0.385. The zero-order valence-corrected chi connectivity index (χ0v) is 11.0. The summed E-state index contributed by atoms with van der Waals surface area (Å²) in [5.74, 6) is -0.848. The van der Waals surface area contributed by atoms with Gasteiger partial charge in [0.05, 0.1) is 13.1 Å². The Balaban J connectivity index is 1.68. The third-order valence-electron chi connectivity index (χ3n) is 3.22. The molecule has 1 aromatic carbocycles. The Kier molecular flexibility index (Phi) is 3.46. The van der Waals surface area contributed by atoms with Crippen molar-refractivity contribution in [3.63, 3.8) is 0 Å². The Morgan fingerprint density at radius 2 is 1.70 bits per heavy atom. The third kappa shape index (κ3) is 2.83. The first-order chi connectivity index (χ1) is 9.63. The van der Waals surface area contributed by atoms with Crippen LogP contribution in [0.2, 0.25) is 0 Å². The van der Waals surface area contributed by atoms with Crippen LogP contribution in [-0.2, 0) is 23.6 Å². The lowest BCUT2D eigenvalue weighted by atomic mass is 9.80. The number of likely N-dealkylation sites (N-methyl/N-ethyl adjacent to an activating group) is 1. The van der Waals surface area contributed by atoms with E-state index in [0.717, 1.165) is 5.56 Å². The topological polar surface area (TPSA) is 68.4 Å². The maximum Gasteiger partial charge on any atom is 0.632 e. The molecule has 20 heavy (non-hydrogen) atoms. The number of carbonyl (C=O) groups is 2. The summed E-state index contributed by atoms with van der Waals surface area (Å²) >= 11 is 0. The summed E-state index contributed by atoms with van der Waals surface area (Å²) in [6.45, 7) is 0.128. The fourth-order valence-corrected chi connectivity index (χ4v) is 2.23. The van der Waals surface area contributed by atoms with Gasteiger partial charge in [-0.3, -0.25) is 14.5 Å². The number of nitrogens with zero attached hydrogens (tertiary/aromatic N) is 1. The molecular weight excluding hydrogens is 261 g/mol. The van der Waals surface area contributed by atoms with Gasteiger partial charge in [0.25, 0.3) is 0 Å². The van der Waals surface area contributed by atoms with Gasteiger partial charge in [0, 0.05) is 0 Å². The summed E-state index contributed by atoms with van der Waals surface area (Å²) in [6, 6.07) is 9.13. The first-order valence-electron chi connectivity index (χ1n) is 6.41. The molecule has 7 heteroatoms. The molecule has 104 valence electrons. The van der Waals surface area contributed by atoms with Gasteiger partial charge in [-0.15, -0.1) is 0 Å². The highest BCUT2D eigenvalue weighted by atomic mass is 16.7. The fourth-order valence-electron chi connectivity index (χ4n) is 2.23. The quantitative estimate of drug-likeness (QED) is 0.566. The van der Waals surface area contributed by atoms with Crippen LogP contribution in [-0.4, -0.2) is 50.1 Å². The van der Waals surface area contributed by atoms with Gasteiger partial charge in [-0.1, -0.05) is 30.3 Å². The van der Waals surface area contributed by atoms with E-state index in [4.69, 9.17) is 14.0 Å². The molecule has 2 atom stereocenters. The van der Waals surface area contributed by atoms with Crippen LogP contribution in [0, 0.1) is 0 Å². The minimum Gasteiger partial charge on any atom is -0.496 e. The first-order valence-corrected chi connectivity index (χ1v) is 6.41. The molecule has 6 nitrogen and oxygen atoms in total. The number of rotatable bonds is 2. The molecule has 0 amide bonds. The van der Waals surface area contributed by atoms with Gasteiger partial charge >= 0.3 is 19.1 Å². The molecule has 2 heterocycles. The molecule has 0 aliphatic carbocycles. The van der Waals surface area contributed by atoms with Gasteiger partial charge in [-0.25, -0.2) is 0 Å². The lowest BCUT2D eigenvalue weighted by molar-refractivity contribution is -0.145. The maximum absolute atomic E-state index is 11.6. The van der Waals surface area contributed by atoms with Crippen molar-refractivity contribution in [3.05, 3.63) is 35.9 Å². The Labute approximate surface area is 116 Å². The van der Waals surface area contributed by atoms with E-state index in [1.54, 1.807) is 11.9 Å². The SMILES string of the molecule is CN1CC(=O)OB([C@@H]2O[C@H]2c2ccccc2)OC(=O)C1.